The number of hydrogen-bond acceptors (Lipinski definition) is 7. The van der Waals surface area contributed by atoms with Crippen LogP contribution in [0.5, 0.6) is 0 Å². The van der Waals surface area contributed by atoms with Crippen LogP contribution in [0.1, 0.15) is 56.2 Å². The molecule has 2 aromatic carbocycles. The zero-order valence-electron chi connectivity index (χ0n) is 19.0. The van der Waals surface area contributed by atoms with E-state index in [0.29, 0.717) is 11.1 Å². The van der Waals surface area contributed by atoms with Crippen LogP contribution >= 0.6 is 0 Å². The predicted molar refractivity (Wildman–Crippen MR) is 124 cm³/mol. The highest BCUT2D eigenvalue weighted by molar-refractivity contribution is 6.28. The van der Waals surface area contributed by atoms with Crippen LogP contribution in [0, 0.1) is 5.92 Å². The first kappa shape index (κ1) is 23.6. The third-order valence-electron chi connectivity index (χ3n) is 5.51. The van der Waals surface area contributed by atoms with Crippen LogP contribution in [-0.4, -0.2) is 42.0 Å². The number of carbonyl (C=O) groups excluding carboxylic acids is 5. The van der Waals surface area contributed by atoms with Crippen molar-refractivity contribution in [2.45, 2.75) is 19.9 Å². The molecule has 0 aliphatic heterocycles. The largest absolute Gasteiger partial charge is 0.459 e. The fourth-order valence-corrected chi connectivity index (χ4v) is 3.72. The van der Waals surface area contributed by atoms with Crippen molar-refractivity contribution in [2.75, 3.05) is 11.9 Å². The average Bonchev–Trinajstić information content (AvgIpc) is 3.39. The van der Waals surface area contributed by atoms with Crippen LogP contribution in [0.25, 0.3) is 0 Å². The van der Waals surface area contributed by atoms with E-state index in [0.717, 1.165) is 0 Å². The van der Waals surface area contributed by atoms with Gasteiger partial charge in [0.1, 0.15) is 6.04 Å². The second-order valence-corrected chi connectivity index (χ2v) is 8.29. The third kappa shape index (κ3) is 4.89. The van der Waals surface area contributed by atoms with Crippen molar-refractivity contribution in [3.63, 3.8) is 0 Å². The molecule has 4 rings (SSSR count). The Balaban J connectivity index is 1.39. The van der Waals surface area contributed by atoms with E-state index in [1.165, 1.54) is 30.5 Å². The minimum absolute atomic E-state index is 0.0456. The molecular weight excluding hydrogens is 452 g/mol. The maximum absolute atomic E-state index is 12.8. The van der Waals surface area contributed by atoms with Crippen molar-refractivity contribution < 1.29 is 33.1 Å². The van der Waals surface area contributed by atoms with Crippen molar-refractivity contribution >= 4 is 35.0 Å². The van der Waals surface area contributed by atoms with Gasteiger partial charge >= 0.3 is 5.97 Å². The van der Waals surface area contributed by atoms with Gasteiger partial charge in [0.25, 0.3) is 11.8 Å². The summed E-state index contributed by atoms with van der Waals surface area (Å²) in [4.78, 5) is 62.6. The minimum Gasteiger partial charge on any atom is -0.459 e. The van der Waals surface area contributed by atoms with E-state index in [1.54, 1.807) is 44.2 Å². The number of fused-ring (bicyclic) bond motifs is 2. The van der Waals surface area contributed by atoms with Crippen molar-refractivity contribution in [2.24, 2.45) is 5.92 Å². The summed E-state index contributed by atoms with van der Waals surface area (Å²) in [6.07, 6.45) is 1.34. The first-order valence-corrected chi connectivity index (χ1v) is 10.9. The minimum atomic E-state index is -0.993. The van der Waals surface area contributed by atoms with Crippen LogP contribution < -0.4 is 10.6 Å². The fraction of sp³-hybridized carbons (Fsp3) is 0.192. The average molecular weight is 474 g/mol. The van der Waals surface area contributed by atoms with E-state index in [9.17, 15) is 24.0 Å². The first-order valence-electron chi connectivity index (χ1n) is 10.9. The first-order chi connectivity index (χ1) is 16.8. The maximum atomic E-state index is 12.8. The Morgan fingerprint density at radius 2 is 1.54 bits per heavy atom. The molecule has 3 aromatic rings. The van der Waals surface area contributed by atoms with Gasteiger partial charge in [-0.1, -0.05) is 38.1 Å². The summed E-state index contributed by atoms with van der Waals surface area (Å²) in [5.41, 5.74) is 1.36. The van der Waals surface area contributed by atoms with E-state index in [4.69, 9.17) is 9.15 Å². The fourth-order valence-electron chi connectivity index (χ4n) is 3.72. The Labute approximate surface area is 200 Å². The van der Waals surface area contributed by atoms with Gasteiger partial charge in [0.15, 0.2) is 23.9 Å². The summed E-state index contributed by atoms with van der Waals surface area (Å²) in [5.74, 6) is -2.85. The highest BCUT2D eigenvalue weighted by atomic mass is 16.5. The summed E-state index contributed by atoms with van der Waals surface area (Å²) in [6.45, 7) is 2.83. The van der Waals surface area contributed by atoms with Gasteiger partial charge in [0.05, 0.1) is 6.26 Å². The second-order valence-electron chi connectivity index (χ2n) is 8.29. The van der Waals surface area contributed by atoms with Crippen LogP contribution in [0.4, 0.5) is 5.69 Å². The molecule has 0 radical (unpaired) electrons. The third-order valence-corrected chi connectivity index (χ3v) is 5.51. The summed E-state index contributed by atoms with van der Waals surface area (Å²) in [5, 5.41) is 5.09. The summed E-state index contributed by atoms with van der Waals surface area (Å²) in [6, 6.07) is 13.0. The van der Waals surface area contributed by atoms with Gasteiger partial charge in [0.2, 0.25) is 0 Å². The van der Waals surface area contributed by atoms with Crippen molar-refractivity contribution in [3.05, 3.63) is 88.9 Å². The van der Waals surface area contributed by atoms with E-state index in [-0.39, 0.29) is 40.1 Å². The van der Waals surface area contributed by atoms with Gasteiger partial charge in [-0.2, -0.15) is 0 Å². The molecule has 9 nitrogen and oxygen atoms in total. The van der Waals surface area contributed by atoms with Crippen LogP contribution in [0.15, 0.2) is 65.3 Å². The summed E-state index contributed by atoms with van der Waals surface area (Å²) in [7, 11) is 0. The molecule has 2 N–H and O–H groups in total. The zero-order valence-corrected chi connectivity index (χ0v) is 19.0. The summed E-state index contributed by atoms with van der Waals surface area (Å²) < 4.78 is 10.1. The van der Waals surface area contributed by atoms with Gasteiger partial charge in [-0.15, -0.1) is 0 Å². The molecule has 0 saturated heterocycles. The molecule has 0 bridgehead atoms. The standard InChI is InChI=1S/C26H22N2O7/c1-14(2)22(28-25(32)20-8-5-11-34-20)26(33)35-13-21(29)27-15-9-10-18-19(12-15)24(31)17-7-4-3-6-16(17)23(18)30/h3-12,14,22H,13H2,1-2H3,(H,27,29)(H,28,32). The molecule has 1 aliphatic rings. The number of hydrogen-bond donors (Lipinski definition) is 2. The molecule has 0 saturated carbocycles. The number of ketones is 2. The Morgan fingerprint density at radius 1 is 0.886 bits per heavy atom. The Kier molecular flexibility index (Phi) is 6.59. The SMILES string of the molecule is CC(C)C(NC(=O)c1ccco1)C(=O)OCC(=O)Nc1ccc2c(c1)C(=O)c1ccccc1C2=O. The van der Waals surface area contributed by atoms with Crippen LogP contribution in [0.3, 0.4) is 0 Å². The normalized spacial score (nSPS) is 13.0. The van der Waals surface area contributed by atoms with Gasteiger partial charge in [-0.05, 0) is 36.2 Å². The highest BCUT2D eigenvalue weighted by Crippen LogP contribution is 2.29. The Bertz CT molecular complexity index is 1330. The number of carbonyl (C=O) groups is 5. The van der Waals surface area contributed by atoms with Crippen LogP contribution in [0.2, 0.25) is 0 Å². The Hall–Kier alpha value is -4.53. The smallest absolute Gasteiger partial charge is 0.329 e. The highest BCUT2D eigenvalue weighted by Gasteiger charge is 2.30. The van der Waals surface area contributed by atoms with Crippen molar-refractivity contribution in [1.82, 2.24) is 5.32 Å². The Morgan fingerprint density at radius 3 is 2.17 bits per heavy atom. The maximum Gasteiger partial charge on any atom is 0.329 e. The van der Waals surface area contributed by atoms with Gasteiger partial charge < -0.3 is 19.8 Å². The predicted octanol–water partition coefficient (Wildman–Crippen LogP) is 2.99. The number of ether oxygens (including phenoxy) is 1. The molecule has 0 fully saturated rings. The molecule has 2 amide bonds. The van der Waals surface area contributed by atoms with Crippen LogP contribution in [-0.2, 0) is 14.3 Å². The molecular formula is C26H22N2O7. The number of esters is 1. The molecule has 35 heavy (non-hydrogen) atoms. The molecule has 1 aromatic heterocycles. The summed E-state index contributed by atoms with van der Waals surface area (Å²) >= 11 is 0. The van der Waals surface area contributed by atoms with Crippen molar-refractivity contribution in [1.29, 1.82) is 0 Å². The molecule has 178 valence electrons. The molecule has 1 atom stereocenters. The number of rotatable bonds is 7. The number of furan rings is 1. The van der Waals surface area contributed by atoms with E-state index in [1.807, 2.05) is 0 Å². The topological polar surface area (TPSA) is 132 Å². The second kappa shape index (κ2) is 9.76. The lowest BCUT2D eigenvalue weighted by Crippen LogP contribution is -2.45. The van der Waals surface area contributed by atoms with E-state index < -0.39 is 30.4 Å². The molecule has 9 heteroatoms. The molecule has 0 spiro atoms. The lowest BCUT2D eigenvalue weighted by molar-refractivity contribution is -0.150. The van der Waals surface area contributed by atoms with E-state index >= 15 is 0 Å². The monoisotopic (exact) mass is 474 g/mol. The van der Waals surface area contributed by atoms with Gasteiger partial charge in [0, 0.05) is 27.9 Å². The number of amides is 2. The molecule has 1 aliphatic carbocycles. The number of benzene rings is 2. The zero-order chi connectivity index (χ0) is 25.1. The lowest BCUT2D eigenvalue weighted by Gasteiger charge is -2.20. The van der Waals surface area contributed by atoms with E-state index in [2.05, 4.69) is 10.6 Å². The van der Waals surface area contributed by atoms with Gasteiger partial charge in [-0.25, -0.2) is 4.79 Å². The quantitative estimate of drug-likeness (QED) is 0.394. The number of anilines is 1. The lowest BCUT2D eigenvalue weighted by atomic mass is 9.84. The number of nitrogens with one attached hydrogen (secondary N) is 2. The molecule has 1 unspecified atom stereocenters. The van der Waals surface area contributed by atoms with Crippen molar-refractivity contribution in [3.8, 4) is 0 Å². The van der Waals surface area contributed by atoms with Gasteiger partial charge in [-0.3, -0.25) is 19.2 Å². The molecule has 1 heterocycles.